The Morgan fingerprint density at radius 1 is 0.929 bits per heavy atom. The van der Waals surface area contributed by atoms with Gasteiger partial charge in [-0.25, -0.2) is 4.79 Å². The van der Waals surface area contributed by atoms with Crippen molar-refractivity contribution in [3.63, 3.8) is 0 Å². The molecule has 0 spiro atoms. The summed E-state index contributed by atoms with van der Waals surface area (Å²) in [5.74, 6) is 0.793. The molecule has 218 valence electrons. The van der Waals surface area contributed by atoms with Crippen LogP contribution in [0.5, 0.6) is 5.75 Å². The molecule has 8 nitrogen and oxygen atoms in total. The third kappa shape index (κ3) is 6.35. The van der Waals surface area contributed by atoms with Gasteiger partial charge in [0.05, 0.1) is 12.8 Å². The molecule has 4 aromatic rings. The number of ether oxygens (including phenoxy) is 1. The van der Waals surface area contributed by atoms with Crippen LogP contribution >= 0.6 is 0 Å². The number of nitrogens with zero attached hydrogens (tertiary/aromatic N) is 3. The number of hydrogen-bond donors (Lipinski definition) is 1. The summed E-state index contributed by atoms with van der Waals surface area (Å²) >= 11 is 0. The highest BCUT2D eigenvalue weighted by Crippen LogP contribution is 2.33. The Bertz CT molecular complexity index is 1560. The van der Waals surface area contributed by atoms with E-state index < -0.39 is 0 Å². The van der Waals surface area contributed by atoms with E-state index in [2.05, 4.69) is 39.4 Å². The van der Waals surface area contributed by atoms with E-state index in [1.165, 1.54) is 5.56 Å². The van der Waals surface area contributed by atoms with E-state index in [-0.39, 0.29) is 17.6 Å². The van der Waals surface area contributed by atoms with Crippen LogP contribution in [-0.4, -0.2) is 68.1 Å². The number of methoxy groups -OCH3 is 1. The number of piperazine rings is 1. The van der Waals surface area contributed by atoms with Gasteiger partial charge in [0.1, 0.15) is 11.3 Å². The molecule has 6 rings (SSSR count). The Kier molecular flexibility index (Phi) is 8.53. The summed E-state index contributed by atoms with van der Waals surface area (Å²) < 4.78 is 11.0. The van der Waals surface area contributed by atoms with Crippen molar-refractivity contribution in [2.75, 3.05) is 51.3 Å². The first kappa shape index (κ1) is 28.0. The third-order valence-electron chi connectivity index (χ3n) is 8.45. The zero-order chi connectivity index (χ0) is 28.9. The molecule has 8 heteroatoms. The highest BCUT2D eigenvalue weighted by molar-refractivity contribution is 5.94. The van der Waals surface area contributed by atoms with E-state index in [1.54, 1.807) is 19.2 Å². The van der Waals surface area contributed by atoms with Gasteiger partial charge in [-0.2, -0.15) is 0 Å². The number of amides is 1. The molecular formula is C34H38N4O4. The maximum absolute atomic E-state index is 13.3. The summed E-state index contributed by atoms with van der Waals surface area (Å²) in [7, 11) is 1.64. The second kappa shape index (κ2) is 12.8. The van der Waals surface area contributed by atoms with Crippen LogP contribution < -0.4 is 20.6 Å². The summed E-state index contributed by atoms with van der Waals surface area (Å²) in [4.78, 5) is 32.6. The first-order valence-electron chi connectivity index (χ1n) is 14.8. The Morgan fingerprint density at radius 2 is 1.67 bits per heavy atom. The van der Waals surface area contributed by atoms with E-state index in [9.17, 15) is 9.59 Å². The molecule has 0 radical (unpaired) electrons. The molecule has 1 amide bonds. The van der Waals surface area contributed by atoms with Crippen LogP contribution in [0.15, 0.2) is 88.1 Å². The van der Waals surface area contributed by atoms with E-state index in [0.29, 0.717) is 23.4 Å². The minimum atomic E-state index is -0.369. The van der Waals surface area contributed by atoms with Crippen molar-refractivity contribution in [3.8, 4) is 5.75 Å². The van der Waals surface area contributed by atoms with Gasteiger partial charge in [-0.05, 0) is 67.4 Å². The molecular weight excluding hydrogens is 528 g/mol. The average molecular weight is 567 g/mol. The number of carbonyl (C=O) groups is 1. The molecule has 2 fully saturated rings. The molecule has 0 saturated carbocycles. The second-order valence-corrected chi connectivity index (χ2v) is 11.2. The van der Waals surface area contributed by atoms with Crippen LogP contribution in [0.1, 0.15) is 34.3 Å². The van der Waals surface area contributed by atoms with Gasteiger partial charge in [-0.1, -0.05) is 42.5 Å². The first-order chi connectivity index (χ1) is 20.6. The van der Waals surface area contributed by atoms with Gasteiger partial charge in [0.25, 0.3) is 5.91 Å². The molecule has 42 heavy (non-hydrogen) atoms. The SMILES string of the molecule is COc1ccc2oc(=O)cc(N(Cc3ccc(C(=O)N4CCN(Cc5ccccc5)CC4)cc3)C3CCNCC3)c2c1. The maximum atomic E-state index is 13.3. The highest BCUT2D eigenvalue weighted by Gasteiger charge is 2.25. The fraction of sp³-hybridized carbons (Fsp3) is 0.353. The number of anilines is 1. The van der Waals surface area contributed by atoms with Crippen molar-refractivity contribution in [2.45, 2.75) is 32.0 Å². The quantitative estimate of drug-likeness (QED) is 0.314. The van der Waals surface area contributed by atoms with Gasteiger partial charge in [-0.15, -0.1) is 0 Å². The van der Waals surface area contributed by atoms with Gasteiger partial charge in [0.15, 0.2) is 0 Å². The van der Waals surface area contributed by atoms with Crippen molar-refractivity contribution in [3.05, 3.63) is 106 Å². The van der Waals surface area contributed by atoms with Crippen LogP contribution in [0.2, 0.25) is 0 Å². The number of piperidine rings is 1. The van der Waals surface area contributed by atoms with E-state index in [1.807, 2.05) is 47.4 Å². The number of rotatable bonds is 8. The second-order valence-electron chi connectivity index (χ2n) is 11.2. The topological polar surface area (TPSA) is 78.3 Å². The van der Waals surface area contributed by atoms with Crippen LogP contribution in [0.4, 0.5) is 5.69 Å². The lowest BCUT2D eigenvalue weighted by Gasteiger charge is -2.37. The molecule has 0 bridgehead atoms. The van der Waals surface area contributed by atoms with Crippen LogP contribution in [-0.2, 0) is 13.1 Å². The van der Waals surface area contributed by atoms with Gasteiger partial charge in [0.2, 0.25) is 0 Å². The Balaban J connectivity index is 1.18. The fourth-order valence-corrected chi connectivity index (χ4v) is 6.10. The molecule has 1 aromatic heterocycles. The molecule has 2 saturated heterocycles. The van der Waals surface area contributed by atoms with Crippen molar-refractivity contribution in [2.24, 2.45) is 0 Å². The van der Waals surface area contributed by atoms with Crippen LogP contribution in [0.3, 0.4) is 0 Å². The molecule has 0 unspecified atom stereocenters. The fourth-order valence-electron chi connectivity index (χ4n) is 6.10. The highest BCUT2D eigenvalue weighted by atomic mass is 16.5. The third-order valence-corrected chi connectivity index (χ3v) is 8.45. The van der Waals surface area contributed by atoms with Gasteiger partial charge in [0, 0.05) is 62.3 Å². The lowest BCUT2D eigenvalue weighted by Crippen LogP contribution is -2.48. The van der Waals surface area contributed by atoms with E-state index in [4.69, 9.17) is 9.15 Å². The van der Waals surface area contributed by atoms with Gasteiger partial charge in [-0.3, -0.25) is 9.69 Å². The largest absolute Gasteiger partial charge is 0.497 e. The number of nitrogens with one attached hydrogen (secondary N) is 1. The zero-order valence-corrected chi connectivity index (χ0v) is 24.1. The zero-order valence-electron chi connectivity index (χ0n) is 24.1. The lowest BCUT2D eigenvalue weighted by atomic mass is 10.0. The summed E-state index contributed by atoms with van der Waals surface area (Å²) in [6.07, 6.45) is 1.94. The van der Waals surface area contributed by atoms with Gasteiger partial charge < -0.3 is 24.3 Å². The van der Waals surface area contributed by atoms with Crippen molar-refractivity contribution >= 4 is 22.6 Å². The van der Waals surface area contributed by atoms with E-state index in [0.717, 1.165) is 75.3 Å². The predicted molar refractivity (Wildman–Crippen MR) is 165 cm³/mol. The summed E-state index contributed by atoms with van der Waals surface area (Å²) in [5, 5.41) is 4.30. The van der Waals surface area contributed by atoms with Crippen LogP contribution in [0, 0.1) is 0 Å². The Labute approximate surface area is 246 Å². The lowest BCUT2D eigenvalue weighted by molar-refractivity contribution is 0.0628. The van der Waals surface area contributed by atoms with Crippen molar-refractivity contribution < 1.29 is 13.9 Å². The standard InChI is InChI=1S/C34H38N4O4/c1-41-29-11-12-32-30(21-29)31(22-33(39)42-32)38(28-13-15-35-16-14-28)24-26-7-9-27(10-8-26)34(40)37-19-17-36(18-20-37)23-25-5-3-2-4-6-25/h2-12,21-22,28,35H,13-20,23-24H2,1H3. The normalized spacial score (nSPS) is 16.5. The molecule has 2 aliphatic heterocycles. The van der Waals surface area contributed by atoms with Crippen molar-refractivity contribution in [1.29, 1.82) is 0 Å². The Hall–Kier alpha value is -4.14. The molecule has 1 N–H and O–H groups in total. The number of fused-ring (bicyclic) bond motifs is 1. The predicted octanol–water partition coefficient (Wildman–Crippen LogP) is 4.52. The average Bonchev–Trinajstić information content (AvgIpc) is 3.04. The van der Waals surface area contributed by atoms with Crippen LogP contribution in [0.25, 0.3) is 11.0 Å². The summed E-state index contributed by atoms with van der Waals surface area (Å²) in [6.45, 7) is 6.57. The van der Waals surface area contributed by atoms with E-state index >= 15 is 0 Å². The van der Waals surface area contributed by atoms with Crippen molar-refractivity contribution in [1.82, 2.24) is 15.1 Å². The number of hydrogen-bond acceptors (Lipinski definition) is 7. The summed E-state index contributed by atoms with van der Waals surface area (Å²) in [5.41, 5.74) is 4.12. The Morgan fingerprint density at radius 3 is 2.38 bits per heavy atom. The minimum absolute atomic E-state index is 0.0786. The van der Waals surface area contributed by atoms with Gasteiger partial charge >= 0.3 is 5.63 Å². The maximum Gasteiger partial charge on any atom is 0.338 e. The number of carbonyl (C=O) groups excluding carboxylic acids is 1. The molecule has 0 atom stereocenters. The molecule has 3 heterocycles. The molecule has 0 aliphatic carbocycles. The summed E-state index contributed by atoms with van der Waals surface area (Å²) in [6, 6.07) is 25.8. The minimum Gasteiger partial charge on any atom is -0.497 e. The monoisotopic (exact) mass is 566 g/mol. The first-order valence-corrected chi connectivity index (χ1v) is 14.8. The molecule has 2 aliphatic rings. The number of benzene rings is 3. The molecule has 3 aromatic carbocycles. The smallest absolute Gasteiger partial charge is 0.338 e.